The van der Waals surface area contributed by atoms with Crippen LogP contribution in [0.4, 0.5) is 0 Å². The van der Waals surface area contributed by atoms with E-state index in [1.54, 1.807) is 0 Å². The van der Waals surface area contributed by atoms with Crippen LogP contribution < -0.4 is 5.32 Å². The van der Waals surface area contributed by atoms with Gasteiger partial charge in [-0.2, -0.15) is 0 Å². The maximum Gasteiger partial charge on any atom is 0.309 e. The lowest BCUT2D eigenvalue weighted by Gasteiger charge is -2.31. The zero-order valence-electron chi connectivity index (χ0n) is 9.08. The number of nitrogens with one attached hydrogen (secondary N) is 1. The van der Waals surface area contributed by atoms with Crippen molar-refractivity contribution < 1.29 is 9.53 Å². The lowest BCUT2D eigenvalue weighted by molar-refractivity contribution is -0.149. The minimum absolute atomic E-state index is 0. The summed E-state index contributed by atoms with van der Waals surface area (Å²) in [6, 6.07) is 0.858. The van der Waals surface area contributed by atoms with Crippen LogP contribution in [0.2, 0.25) is 0 Å². The second kappa shape index (κ2) is 6.25. The van der Waals surface area contributed by atoms with Crippen LogP contribution in [0.15, 0.2) is 0 Å². The molecule has 1 saturated heterocycles. The van der Waals surface area contributed by atoms with Crippen LogP contribution in [0.5, 0.6) is 0 Å². The summed E-state index contributed by atoms with van der Waals surface area (Å²) in [5.74, 6) is 0.0777. The fraction of sp³-hybridized carbons (Fsp3) is 0.900. The molecule has 1 aliphatic heterocycles. The Labute approximate surface area is 92.0 Å². The van der Waals surface area contributed by atoms with Gasteiger partial charge in [-0.25, -0.2) is 0 Å². The van der Waals surface area contributed by atoms with Crippen molar-refractivity contribution in [2.24, 2.45) is 5.92 Å². The fourth-order valence-corrected chi connectivity index (χ4v) is 2.02. The van der Waals surface area contributed by atoms with E-state index in [1.165, 1.54) is 0 Å². The number of hydrogen-bond donors (Lipinski definition) is 1. The lowest BCUT2D eigenvalue weighted by Crippen LogP contribution is -2.44. The average Bonchev–Trinajstić information content (AvgIpc) is 2.03. The van der Waals surface area contributed by atoms with Crippen LogP contribution in [0, 0.1) is 5.92 Å². The van der Waals surface area contributed by atoms with Gasteiger partial charge in [0.25, 0.3) is 0 Å². The Morgan fingerprint density at radius 1 is 1.36 bits per heavy atom. The molecule has 1 fully saturated rings. The number of halogens is 1. The molecule has 4 heteroatoms. The molecule has 0 bridgehead atoms. The van der Waals surface area contributed by atoms with Gasteiger partial charge in [-0.05, 0) is 33.6 Å². The van der Waals surface area contributed by atoms with Crippen LogP contribution in [0.1, 0.15) is 33.6 Å². The molecule has 0 radical (unpaired) electrons. The summed E-state index contributed by atoms with van der Waals surface area (Å²) >= 11 is 0. The van der Waals surface area contributed by atoms with Crippen LogP contribution in [-0.2, 0) is 9.53 Å². The van der Waals surface area contributed by atoms with Gasteiger partial charge in [0.1, 0.15) is 0 Å². The van der Waals surface area contributed by atoms with Gasteiger partial charge in [0.2, 0.25) is 0 Å². The van der Waals surface area contributed by atoms with Crippen molar-refractivity contribution >= 4 is 18.4 Å². The molecule has 1 aliphatic rings. The first kappa shape index (κ1) is 13.7. The van der Waals surface area contributed by atoms with E-state index in [0.717, 1.165) is 12.8 Å². The van der Waals surface area contributed by atoms with E-state index >= 15 is 0 Å². The van der Waals surface area contributed by atoms with E-state index in [2.05, 4.69) is 19.2 Å². The number of ether oxygens (including phenoxy) is 1. The Bertz CT molecular complexity index is 177. The molecule has 1 rings (SSSR count). The predicted molar refractivity (Wildman–Crippen MR) is 58.7 cm³/mol. The van der Waals surface area contributed by atoms with E-state index in [9.17, 15) is 4.79 Å². The summed E-state index contributed by atoms with van der Waals surface area (Å²) in [5.41, 5.74) is 0. The number of piperidine rings is 1. The van der Waals surface area contributed by atoms with Crippen molar-refractivity contribution in [3.63, 3.8) is 0 Å². The highest BCUT2D eigenvalue weighted by Gasteiger charge is 2.29. The standard InChI is InChI=1S/C10H19NO2.ClH/c1-4-13-10(12)9-5-7(2)11-8(3)6-9;/h7-9,11H,4-6H2,1-3H3;1H. The smallest absolute Gasteiger partial charge is 0.309 e. The first-order valence-electron chi connectivity index (χ1n) is 5.06. The highest BCUT2D eigenvalue weighted by Crippen LogP contribution is 2.21. The summed E-state index contributed by atoms with van der Waals surface area (Å²) in [6.45, 7) is 6.57. The second-order valence-electron chi connectivity index (χ2n) is 3.89. The Balaban J connectivity index is 0.00000169. The molecule has 0 spiro atoms. The number of esters is 1. The first-order chi connectivity index (χ1) is 6.13. The molecule has 0 aliphatic carbocycles. The molecule has 0 aromatic heterocycles. The highest BCUT2D eigenvalue weighted by atomic mass is 35.5. The minimum Gasteiger partial charge on any atom is -0.466 e. The maximum atomic E-state index is 11.4. The van der Waals surface area contributed by atoms with E-state index in [-0.39, 0.29) is 24.3 Å². The van der Waals surface area contributed by atoms with Gasteiger partial charge >= 0.3 is 5.97 Å². The van der Waals surface area contributed by atoms with Crippen molar-refractivity contribution in [2.45, 2.75) is 45.7 Å². The zero-order chi connectivity index (χ0) is 9.84. The monoisotopic (exact) mass is 221 g/mol. The normalized spacial score (nSPS) is 31.8. The van der Waals surface area contributed by atoms with Gasteiger partial charge in [-0.15, -0.1) is 12.4 Å². The van der Waals surface area contributed by atoms with E-state index < -0.39 is 0 Å². The Hall–Kier alpha value is -0.280. The fourth-order valence-electron chi connectivity index (χ4n) is 2.02. The van der Waals surface area contributed by atoms with Crippen LogP contribution in [0.3, 0.4) is 0 Å². The van der Waals surface area contributed by atoms with Crippen molar-refractivity contribution in [2.75, 3.05) is 6.61 Å². The second-order valence-corrected chi connectivity index (χ2v) is 3.89. The van der Waals surface area contributed by atoms with E-state index in [1.807, 2.05) is 6.92 Å². The van der Waals surface area contributed by atoms with Gasteiger partial charge in [0.15, 0.2) is 0 Å². The van der Waals surface area contributed by atoms with Crippen molar-refractivity contribution in [3.05, 3.63) is 0 Å². The molecule has 14 heavy (non-hydrogen) atoms. The third-order valence-corrected chi connectivity index (χ3v) is 2.47. The van der Waals surface area contributed by atoms with Crippen molar-refractivity contribution in [1.82, 2.24) is 5.32 Å². The number of carbonyl (C=O) groups is 1. The minimum atomic E-state index is -0.0253. The third-order valence-electron chi connectivity index (χ3n) is 2.47. The molecule has 2 atom stereocenters. The summed E-state index contributed by atoms with van der Waals surface area (Å²) in [6.07, 6.45) is 1.81. The quantitative estimate of drug-likeness (QED) is 0.722. The van der Waals surface area contributed by atoms with Crippen molar-refractivity contribution in [3.8, 4) is 0 Å². The van der Waals surface area contributed by atoms with Gasteiger partial charge < -0.3 is 10.1 Å². The summed E-state index contributed by atoms with van der Waals surface area (Å²) in [7, 11) is 0. The molecule has 1 N–H and O–H groups in total. The summed E-state index contributed by atoms with van der Waals surface area (Å²) < 4.78 is 5.01. The van der Waals surface area contributed by atoms with Gasteiger partial charge in [0.05, 0.1) is 12.5 Å². The third kappa shape index (κ3) is 3.84. The zero-order valence-corrected chi connectivity index (χ0v) is 9.89. The summed E-state index contributed by atoms with van der Waals surface area (Å²) in [4.78, 5) is 11.4. The Kier molecular flexibility index (Phi) is 6.12. The van der Waals surface area contributed by atoms with Crippen molar-refractivity contribution in [1.29, 1.82) is 0 Å². The van der Waals surface area contributed by atoms with Gasteiger partial charge in [0, 0.05) is 12.1 Å². The molecule has 3 nitrogen and oxygen atoms in total. The highest BCUT2D eigenvalue weighted by molar-refractivity contribution is 5.85. The molecular formula is C10H20ClNO2. The van der Waals surface area contributed by atoms with E-state index in [4.69, 9.17) is 4.74 Å². The van der Waals surface area contributed by atoms with Crippen LogP contribution in [-0.4, -0.2) is 24.7 Å². The maximum absolute atomic E-state index is 11.4. The van der Waals surface area contributed by atoms with E-state index in [0.29, 0.717) is 18.7 Å². The predicted octanol–water partition coefficient (Wildman–Crippen LogP) is 1.75. The number of carbonyl (C=O) groups excluding carboxylic acids is 1. The molecule has 0 aromatic rings. The number of rotatable bonds is 2. The molecule has 0 aromatic carbocycles. The summed E-state index contributed by atoms with van der Waals surface area (Å²) in [5, 5.41) is 3.40. The molecule has 0 saturated carbocycles. The Morgan fingerprint density at radius 3 is 2.29 bits per heavy atom. The van der Waals surface area contributed by atoms with Gasteiger partial charge in [-0.3, -0.25) is 4.79 Å². The SMILES string of the molecule is CCOC(=O)C1CC(C)NC(C)C1.Cl. The van der Waals surface area contributed by atoms with Crippen LogP contribution >= 0.6 is 12.4 Å². The molecule has 2 unspecified atom stereocenters. The molecule has 84 valence electrons. The molecule has 0 amide bonds. The first-order valence-corrected chi connectivity index (χ1v) is 5.06. The molecular weight excluding hydrogens is 202 g/mol. The van der Waals surface area contributed by atoms with Crippen LogP contribution in [0.25, 0.3) is 0 Å². The number of hydrogen-bond acceptors (Lipinski definition) is 3. The average molecular weight is 222 g/mol. The Morgan fingerprint density at radius 2 is 1.86 bits per heavy atom. The largest absolute Gasteiger partial charge is 0.466 e. The molecule has 1 heterocycles. The lowest BCUT2D eigenvalue weighted by atomic mass is 9.89. The topological polar surface area (TPSA) is 38.3 Å². The van der Waals surface area contributed by atoms with Gasteiger partial charge in [-0.1, -0.05) is 0 Å².